The normalized spacial score (nSPS) is 14.8. The molecule has 0 aliphatic heterocycles. The largest absolute Gasteiger partial charge is 0.329 e. The zero-order valence-corrected chi connectivity index (χ0v) is 12.1. The summed E-state index contributed by atoms with van der Waals surface area (Å²) in [5.74, 6) is 0. The lowest BCUT2D eigenvalue weighted by Gasteiger charge is -2.21. The predicted molar refractivity (Wildman–Crippen MR) is 78.1 cm³/mol. The quantitative estimate of drug-likeness (QED) is 0.509. The van der Waals surface area contributed by atoms with Gasteiger partial charge in [0, 0.05) is 12.1 Å². The zero-order chi connectivity index (χ0) is 13.0. The minimum Gasteiger partial charge on any atom is -0.329 e. The molecule has 0 amide bonds. The minimum atomic E-state index is -0.139. The summed E-state index contributed by atoms with van der Waals surface area (Å²) in [5.41, 5.74) is 11.5. The fraction of sp³-hybridized carbons (Fsp3) is 1.00. The van der Waals surface area contributed by atoms with Gasteiger partial charge in [0.1, 0.15) is 0 Å². The highest BCUT2D eigenvalue weighted by Gasteiger charge is 2.14. The Bertz CT molecular complexity index is 155. The highest BCUT2D eigenvalue weighted by atomic mass is 14.8. The maximum absolute atomic E-state index is 6.00. The lowest BCUT2D eigenvalue weighted by molar-refractivity contribution is 0.415. The van der Waals surface area contributed by atoms with Crippen LogP contribution in [0.2, 0.25) is 0 Å². The van der Waals surface area contributed by atoms with Crippen LogP contribution in [0.15, 0.2) is 0 Å². The first kappa shape index (κ1) is 16.9. The standard InChI is InChI=1S/C15H34N2/c1-3-4-5-6-7-8-9-10-11-12-13-15(2,17)14-16/h3-14,16-17H2,1-2H3. The molecule has 0 bridgehead atoms. The number of hydrogen-bond acceptors (Lipinski definition) is 2. The summed E-state index contributed by atoms with van der Waals surface area (Å²) in [6, 6.07) is 0. The zero-order valence-electron chi connectivity index (χ0n) is 12.1. The summed E-state index contributed by atoms with van der Waals surface area (Å²) in [7, 11) is 0. The van der Waals surface area contributed by atoms with Crippen LogP contribution in [0.25, 0.3) is 0 Å². The second-order valence-electron chi connectivity index (χ2n) is 5.79. The summed E-state index contributed by atoms with van der Waals surface area (Å²) in [6.45, 7) is 4.93. The first-order valence-electron chi connectivity index (χ1n) is 7.61. The van der Waals surface area contributed by atoms with Gasteiger partial charge in [-0.15, -0.1) is 0 Å². The Labute approximate surface area is 109 Å². The number of unbranched alkanes of at least 4 members (excludes halogenated alkanes) is 9. The summed E-state index contributed by atoms with van der Waals surface area (Å²) in [4.78, 5) is 0. The van der Waals surface area contributed by atoms with E-state index >= 15 is 0 Å². The van der Waals surface area contributed by atoms with E-state index in [0.717, 1.165) is 6.42 Å². The molecular formula is C15H34N2. The third kappa shape index (κ3) is 12.2. The van der Waals surface area contributed by atoms with Crippen molar-refractivity contribution >= 4 is 0 Å². The number of nitrogens with two attached hydrogens (primary N) is 2. The van der Waals surface area contributed by atoms with Crippen molar-refractivity contribution in [1.29, 1.82) is 0 Å². The van der Waals surface area contributed by atoms with Crippen LogP contribution in [0.3, 0.4) is 0 Å². The lowest BCUT2D eigenvalue weighted by atomic mass is 9.95. The van der Waals surface area contributed by atoms with Gasteiger partial charge in [-0.05, 0) is 13.3 Å². The molecular weight excluding hydrogens is 208 g/mol. The van der Waals surface area contributed by atoms with Gasteiger partial charge < -0.3 is 11.5 Å². The third-order valence-corrected chi connectivity index (χ3v) is 3.57. The molecule has 4 N–H and O–H groups in total. The molecule has 0 aromatic rings. The third-order valence-electron chi connectivity index (χ3n) is 3.57. The smallest absolute Gasteiger partial charge is 0.0249 e. The molecule has 0 saturated carbocycles. The summed E-state index contributed by atoms with van der Waals surface area (Å²) in [6.07, 6.45) is 14.9. The Morgan fingerprint density at radius 2 is 1.18 bits per heavy atom. The second-order valence-corrected chi connectivity index (χ2v) is 5.79. The van der Waals surface area contributed by atoms with E-state index in [2.05, 4.69) is 13.8 Å². The molecule has 0 aliphatic carbocycles. The molecule has 2 nitrogen and oxygen atoms in total. The monoisotopic (exact) mass is 242 g/mol. The van der Waals surface area contributed by atoms with E-state index in [4.69, 9.17) is 11.5 Å². The van der Waals surface area contributed by atoms with Gasteiger partial charge in [0.25, 0.3) is 0 Å². The molecule has 0 heterocycles. The highest BCUT2D eigenvalue weighted by molar-refractivity contribution is 4.78. The van der Waals surface area contributed by atoms with Crippen LogP contribution >= 0.6 is 0 Å². The van der Waals surface area contributed by atoms with Gasteiger partial charge in [-0.3, -0.25) is 0 Å². The van der Waals surface area contributed by atoms with E-state index in [1.54, 1.807) is 0 Å². The van der Waals surface area contributed by atoms with Crippen LogP contribution in [0, 0.1) is 0 Å². The molecule has 104 valence electrons. The molecule has 0 saturated heterocycles. The van der Waals surface area contributed by atoms with E-state index in [0.29, 0.717) is 6.54 Å². The fourth-order valence-corrected chi connectivity index (χ4v) is 2.12. The van der Waals surface area contributed by atoms with E-state index in [1.165, 1.54) is 64.2 Å². The summed E-state index contributed by atoms with van der Waals surface area (Å²) >= 11 is 0. The lowest BCUT2D eigenvalue weighted by Crippen LogP contribution is -2.43. The highest BCUT2D eigenvalue weighted by Crippen LogP contribution is 2.14. The van der Waals surface area contributed by atoms with Crippen LogP contribution in [0.1, 0.15) is 84.5 Å². The van der Waals surface area contributed by atoms with Crippen molar-refractivity contribution < 1.29 is 0 Å². The van der Waals surface area contributed by atoms with Crippen molar-refractivity contribution in [3.05, 3.63) is 0 Å². The molecule has 0 aromatic heterocycles. The number of rotatable bonds is 12. The molecule has 0 rings (SSSR count). The Morgan fingerprint density at radius 1 is 0.765 bits per heavy atom. The van der Waals surface area contributed by atoms with Gasteiger partial charge in [-0.25, -0.2) is 0 Å². The van der Waals surface area contributed by atoms with Gasteiger partial charge >= 0.3 is 0 Å². The minimum absolute atomic E-state index is 0.139. The first-order valence-corrected chi connectivity index (χ1v) is 7.61. The molecule has 1 atom stereocenters. The Hall–Kier alpha value is -0.0800. The SMILES string of the molecule is CCCCCCCCCCCCC(C)(N)CN. The molecule has 0 aliphatic rings. The van der Waals surface area contributed by atoms with Gasteiger partial charge in [0.05, 0.1) is 0 Å². The first-order chi connectivity index (χ1) is 8.12. The average molecular weight is 242 g/mol. The topological polar surface area (TPSA) is 52.0 Å². The number of hydrogen-bond donors (Lipinski definition) is 2. The summed E-state index contributed by atoms with van der Waals surface area (Å²) < 4.78 is 0. The van der Waals surface area contributed by atoms with Crippen LogP contribution in [0.5, 0.6) is 0 Å². The van der Waals surface area contributed by atoms with Crippen molar-refractivity contribution in [1.82, 2.24) is 0 Å². The van der Waals surface area contributed by atoms with E-state index in [-0.39, 0.29) is 5.54 Å². The molecule has 2 heteroatoms. The van der Waals surface area contributed by atoms with E-state index < -0.39 is 0 Å². The van der Waals surface area contributed by atoms with Crippen molar-refractivity contribution in [2.75, 3.05) is 6.54 Å². The van der Waals surface area contributed by atoms with Gasteiger partial charge in [0.15, 0.2) is 0 Å². The molecule has 0 fully saturated rings. The molecule has 1 unspecified atom stereocenters. The predicted octanol–water partition coefficient (Wildman–Crippen LogP) is 3.97. The van der Waals surface area contributed by atoms with Gasteiger partial charge in [-0.2, -0.15) is 0 Å². The van der Waals surface area contributed by atoms with Crippen LogP contribution < -0.4 is 11.5 Å². The van der Waals surface area contributed by atoms with Crippen LogP contribution in [0.4, 0.5) is 0 Å². The Kier molecular flexibility index (Phi) is 11.0. The van der Waals surface area contributed by atoms with Crippen LogP contribution in [-0.4, -0.2) is 12.1 Å². The second kappa shape index (κ2) is 11.0. The van der Waals surface area contributed by atoms with Crippen LogP contribution in [-0.2, 0) is 0 Å². The molecule has 0 radical (unpaired) electrons. The van der Waals surface area contributed by atoms with Crippen molar-refractivity contribution in [2.45, 2.75) is 90.0 Å². The fourth-order valence-electron chi connectivity index (χ4n) is 2.12. The average Bonchev–Trinajstić information content (AvgIpc) is 2.31. The maximum atomic E-state index is 6.00. The Morgan fingerprint density at radius 3 is 1.59 bits per heavy atom. The van der Waals surface area contributed by atoms with Gasteiger partial charge in [0.2, 0.25) is 0 Å². The van der Waals surface area contributed by atoms with Crippen molar-refractivity contribution in [3.63, 3.8) is 0 Å². The molecule has 0 spiro atoms. The van der Waals surface area contributed by atoms with Gasteiger partial charge in [-0.1, -0.05) is 71.1 Å². The molecule has 0 aromatic carbocycles. The van der Waals surface area contributed by atoms with E-state index in [1.807, 2.05) is 0 Å². The Balaban J connectivity index is 3.09. The summed E-state index contributed by atoms with van der Waals surface area (Å²) in [5, 5.41) is 0. The molecule has 17 heavy (non-hydrogen) atoms. The van der Waals surface area contributed by atoms with Crippen molar-refractivity contribution in [2.24, 2.45) is 11.5 Å². The van der Waals surface area contributed by atoms with E-state index in [9.17, 15) is 0 Å². The van der Waals surface area contributed by atoms with Crippen molar-refractivity contribution in [3.8, 4) is 0 Å². The maximum Gasteiger partial charge on any atom is 0.0249 e.